The highest BCUT2D eigenvalue weighted by Crippen LogP contribution is 2.34. The highest BCUT2D eigenvalue weighted by molar-refractivity contribution is 7.22. The molecule has 1 N–H and O–H groups in total. The van der Waals surface area contributed by atoms with Crippen molar-refractivity contribution in [2.75, 3.05) is 18.5 Å². The summed E-state index contributed by atoms with van der Waals surface area (Å²) >= 11 is 1.68. The fourth-order valence-electron chi connectivity index (χ4n) is 2.40. The summed E-state index contributed by atoms with van der Waals surface area (Å²) in [5.74, 6) is 1.56. The molecule has 0 atom stereocenters. The normalized spacial score (nSPS) is 10.9. The fraction of sp³-hybridized carbons (Fsp3) is 0.333. The number of thiophene rings is 1. The van der Waals surface area contributed by atoms with Gasteiger partial charge in [-0.25, -0.2) is 0 Å². The van der Waals surface area contributed by atoms with Crippen LogP contribution in [0.25, 0.3) is 20.7 Å². The van der Waals surface area contributed by atoms with E-state index >= 15 is 0 Å². The van der Waals surface area contributed by atoms with E-state index in [4.69, 9.17) is 4.74 Å². The minimum atomic E-state index is -0.601. The summed E-state index contributed by atoms with van der Waals surface area (Å²) in [7, 11) is 1.18. The Morgan fingerprint density at radius 1 is 1.20 bits per heavy atom. The van der Waals surface area contributed by atoms with Crippen LogP contribution >= 0.6 is 11.3 Å². The quantitative estimate of drug-likeness (QED) is 0.511. The van der Waals surface area contributed by atoms with E-state index < -0.39 is 7.05 Å². The largest absolute Gasteiger partial charge is 0.494 e. The molecule has 0 saturated heterocycles. The smallest absolute Gasteiger partial charge is 0.410 e. The van der Waals surface area contributed by atoms with E-state index in [2.05, 4.69) is 35.3 Å². The Morgan fingerprint density at radius 2 is 2.04 bits per heavy atom. The Kier molecular flexibility index (Phi) is 5.55. The van der Waals surface area contributed by atoms with Crippen molar-refractivity contribution in [1.82, 2.24) is 10.2 Å². The molecule has 5 nitrogen and oxygen atoms in total. The van der Waals surface area contributed by atoms with E-state index in [1.54, 1.807) is 30.0 Å². The number of unbranched alkanes of at least 4 members (excludes halogenated alkanes) is 1. The molecule has 0 aliphatic rings. The first-order valence-electron chi connectivity index (χ1n) is 8.50. The van der Waals surface area contributed by atoms with Gasteiger partial charge in [-0.3, -0.25) is 0 Å². The molecule has 1 aromatic carbocycles. The van der Waals surface area contributed by atoms with Crippen LogP contribution in [0.5, 0.6) is 5.75 Å². The van der Waals surface area contributed by atoms with Gasteiger partial charge in [0, 0.05) is 4.70 Å². The summed E-state index contributed by atoms with van der Waals surface area (Å²) in [6.07, 6.45) is 2.20. The lowest BCUT2D eigenvalue weighted by Crippen LogP contribution is -2.33. The molecule has 0 fully saturated rings. The third-order valence-electron chi connectivity index (χ3n) is 4.08. The Labute approximate surface area is 152 Å². The average molecular weight is 355 g/mol. The zero-order valence-corrected chi connectivity index (χ0v) is 15.6. The predicted octanol–water partition coefficient (Wildman–Crippen LogP) is 4.08. The number of rotatable bonds is 7. The van der Waals surface area contributed by atoms with Gasteiger partial charge in [0.15, 0.2) is 0 Å². The van der Waals surface area contributed by atoms with Gasteiger partial charge < -0.3 is 14.6 Å². The number of aromatic nitrogens is 2. The third kappa shape index (κ3) is 4.11. The summed E-state index contributed by atoms with van der Waals surface area (Å²) in [5, 5.41) is 19.3. The summed E-state index contributed by atoms with van der Waals surface area (Å²) in [5.41, 5.74) is 0.831. The van der Waals surface area contributed by atoms with E-state index in [-0.39, 0.29) is 0 Å². The lowest BCUT2D eigenvalue weighted by atomic mass is 9.86. The van der Waals surface area contributed by atoms with E-state index in [1.165, 1.54) is 10.1 Å². The number of hydrogen-bond acceptors (Lipinski definition) is 6. The average Bonchev–Trinajstić information content (AvgIpc) is 3.04. The maximum atomic E-state index is 9.61. The second-order valence-corrected chi connectivity index (χ2v) is 7.12. The second kappa shape index (κ2) is 7.84. The Bertz CT molecular complexity index is 836. The van der Waals surface area contributed by atoms with Gasteiger partial charge >= 0.3 is 7.05 Å². The first-order chi connectivity index (χ1) is 12.1. The molecule has 2 heterocycles. The minimum absolute atomic E-state index is 0.601. The molecule has 3 aromatic rings. The van der Waals surface area contributed by atoms with Crippen molar-refractivity contribution >= 4 is 34.3 Å². The Hall–Kier alpha value is -2.12. The molecule has 0 amide bonds. The first-order valence-corrected chi connectivity index (χ1v) is 9.31. The standard InChI is InChI=1S/C18H22BN3O2S/c1-4-5-10-24-14-7-6-13-11-17(25-16(13)12-14)15-8-9-18(21-20-15)22(3)19(2)23/h6-9,11-12,23H,4-5,10H2,1-3H3. The number of benzene rings is 1. The van der Waals surface area contributed by atoms with Crippen LogP contribution in [0, 0.1) is 0 Å². The summed E-state index contributed by atoms with van der Waals surface area (Å²) in [6, 6.07) is 12.1. The lowest BCUT2D eigenvalue weighted by Gasteiger charge is -2.17. The Morgan fingerprint density at radius 3 is 2.72 bits per heavy atom. The van der Waals surface area contributed by atoms with Crippen molar-refractivity contribution in [3.8, 4) is 16.3 Å². The fourth-order valence-corrected chi connectivity index (χ4v) is 3.45. The van der Waals surface area contributed by atoms with Crippen LogP contribution in [0.15, 0.2) is 36.4 Å². The van der Waals surface area contributed by atoms with Gasteiger partial charge in [-0.1, -0.05) is 13.3 Å². The number of fused-ring (bicyclic) bond motifs is 1. The zero-order chi connectivity index (χ0) is 17.8. The predicted molar refractivity (Wildman–Crippen MR) is 105 cm³/mol. The van der Waals surface area contributed by atoms with Gasteiger partial charge in [-0.2, -0.15) is 0 Å². The molecule has 0 bridgehead atoms. The molecule has 25 heavy (non-hydrogen) atoms. The van der Waals surface area contributed by atoms with Gasteiger partial charge in [0.1, 0.15) is 17.3 Å². The minimum Gasteiger partial charge on any atom is -0.494 e. The molecule has 0 unspecified atom stereocenters. The van der Waals surface area contributed by atoms with Crippen molar-refractivity contribution in [3.63, 3.8) is 0 Å². The van der Waals surface area contributed by atoms with Crippen molar-refractivity contribution in [2.45, 2.75) is 26.6 Å². The summed E-state index contributed by atoms with van der Waals surface area (Å²) < 4.78 is 6.96. The van der Waals surface area contributed by atoms with Crippen LogP contribution < -0.4 is 9.55 Å². The second-order valence-electron chi connectivity index (χ2n) is 6.03. The van der Waals surface area contributed by atoms with Crippen molar-refractivity contribution in [2.24, 2.45) is 0 Å². The SMILES string of the molecule is CCCCOc1ccc2cc(-c3ccc(N(C)B(C)O)nn3)sc2c1. The van der Waals surface area contributed by atoms with Crippen LogP contribution in [0.2, 0.25) is 6.82 Å². The number of ether oxygens (including phenoxy) is 1. The van der Waals surface area contributed by atoms with Crippen molar-refractivity contribution in [1.29, 1.82) is 0 Å². The molecule has 2 aromatic heterocycles. The van der Waals surface area contributed by atoms with Gasteiger partial charge in [-0.15, -0.1) is 21.5 Å². The first kappa shape index (κ1) is 17.7. The molecule has 130 valence electrons. The molecule has 0 saturated carbocycles. The van der Waals surface area contributed by atoms with E-state index in [1.807, 2.05) is 18.2 Å². The van der Waals surface area contributed by atoms with Gasteiger partial charge in [0.2, 0.25) is 0 Å². The summed E-state index contributed by atoms with van der Waals surface area (Å²) in [4.78, 5) is 2.74. The van der Waals surface area contributed by atoms with Crippen molar-refractivity contribution in [3.05, 3.63) is 36.4 Å². The molecule has 0 radical (unpaired) electrons. The van der Waals surface area contributed by atoms with Gasteiger partial charge in [0.25, 0.3) is 0 Å². The molecular formula is C18H22BN3O2S. The monoisotopic (exact) mass is 355 g/mol. The Balaban J connectivity index is 1.81. The van der Waals surface area contributed by atoms with E-state index in [0.717, 1.165) is 35.8 Å². The van der Waals surface area contributed by atoms with Gasteiger partial charge in [-0.05, 0) is 62.1 Å². The van der Waals surface area contributed by atoms with Crippen molar-refractivity contribution < 1.29 is 9.76 Å². The van der Waals surface area contributed by atoms with E-state index in [0.29, 0.717) is 5.82 Å². The van der Waals surface area contributed by atoms with Gasteiger partial charge in [0.05, 0.1) is 11.5 Å². The molecule has 7 heteroatoms. The molecule has 3 rings (SSSR count). The van der Waals surface area contributed by atoms with Crippen LogP contribution in [-0.4, -0.2) is 35.9 Å². The molecular weight excluding hydrogens is 333 g/mol. The topological polar surface area (TPSA) is 58.5 Å². The van der Waals surface area contributed by atoms with Crippen LogP contribution in [-0.2, 0) is 0 Å². The number of nitrogens with zero attached hydrogens (tertiary/aromatic N) is 3. The molecule has 0 aliphatic carbocycles. The third-order valence-corrected chi connectivity index (χ3v) is 5.20. The van der Waals surface area contributed by atoms with Crippen LogP contribution in [0.1, 0.15) is 19.8 Å². The maximum absolute atomic E-state index is 9.61. The maximum Gasteiger partial charge on any atom is 0.410 e. The number of anilines is 1. The number of hydrogen-bond donors (Lipinski definition) is 1. The highest BCUT2D eigenvalue weighted by Gasteiger charge is 2.14. The lowest BCUT2D eigenvalue weighted by molar-refractivity contribution is 0.310. The van der Waals surface area contributed by atoms with Crippen LogP contribution in [0.4, 0.5) is 5.82 Å². The van der Waals surface area contributed by atoms with Crippen LogP contribution in [0.3, 0.4) is 0 Å². The summed E-state index contributed by atoms with van der Waals surface area (Å²) in [6.45, 7) is 4.61. The highest BCUT2D eigenvalue weighted by atomic mass is 32.1. The molecule has 0 spiro atoms. The molecule has 0 aliphatic heterocycles. The zero-order valence-electron chi connectivity index (χ0n) is 14.8. The van der Waals surface area contributed by atoms with E-state index in [9.17, 15) is 5.02 Å².